The number of benzene rings is 3. The Bertz CT molecular complexity index is 1210. The van der Waals surface area contributed by atoms with Crippen molar-refractivity contribution in [3.8, 4) is 17.2 Å². The van der Waals surface area contributed by atoms with Crippen LogP contribution in [0.15, 0.2) is 60.7 Å². The number of hydrogen-bond donors (Lipinski definition) is 1. The van der Waals surface area contributed by atoms with Crippen molar-refractivity contribution in [1.29, 1.82) is 0 Å². The van der Waals surface area contributed by atoms with Gasteiger partial charge in [-0.15, -0.1) is 0 Å². The van der Waals surface area contributed by atoms with Gasteiger partial charge in [-0.25, -0.2) is 0 Å². The zero-order chi connectivity index (χ0) is 26.5. The third-order valence-electron chi connectivity index (χ3n) is 8.53. The highest BCUT2D eigenvalue weighted by Gasteiger charge is 2.25. The van der Waals surface area contributed by atoms with E-state index in [4.69, 9.17) is 9.47 Å². The molecule has 0 saturated heterocycles. The molecular formula is C33H42N2O3. The monoisotopic (exact) mass is 514 g/mol. The lowest BCUT2D eigenvalue weighted by molar-refractivity contribution is 0.135. The second-order valence-electron chi connectivity index (χ2n) is 10.9. The van der Waals surface area contributed by atoms with Gasteiger partial charge in [-0.3, -0.25) is 0 Å². The Kier molecular flexibility index (Phi) is 8.43. The Labute approximate surface area is 228 Å². The normalized spacial score (nSPS) is 17.1. The van der Waals surface area contributed by atoms with Crippen LogP contribution in [-0.4, -0.2) is 49.9 Å². The van der Waals surface area contributed by atoms with Gasteiger partial charge < -0.3 is 24.4 Å². The number of rotatable bonds is 11. The number of aryl methyl sites for hydroxylation is 1. The van der Waals surface area contributed by atoms with Crippen LogP contribution in [0.1, 0.15) is 60.8 Å². The maximum absolute atomic E-state index is 9.90. The van der Waals surface area contributed by atoms with Crippen LogP contribution < -0.4 is 14.4 Å². The molecule has 1 saturated carbocycles. The van der Waals surface area contributed by atoms with Crippen molar-refractivity contribution in [2.75, 3.05) is 38.8 Å². The molecule has 5 heteroatoms. The number of fused-ring (bicyclic) bond motifs is 1. The zero-order valence-corrected chi connectivity index (χ0v) is 23.2. The molecule has 0 unspecified atom stereocenters. The SMILES string of the molecule is CCN(Cc1ccc(OCCN(C)C2CCC2)cc1)c1cc(OC)ccc1[C@@H]1CCc2cc(O)ccc2C1. The summed E-state index contributed by atoms with van der Waals surface area (Å²) in [6.07, 6.45) is 7.08. The number of phenols is 1. The molecule has 1 N–H and O–H groups in total. The first-order chi connectivity index (χ1) is 18.5. The van der Waals surface area contributed by atoms with Crippen molar-refractivity contribution in [2.45, 2.75) is 64.0 Å². The van der Waals surface area contributed by atoms with Crippen molar-refractivity contribution >= 4 is 5.69 Å². The minimum absolute atomic E-state index is 0.363. The molecule has 38 heavy (non-hydrogen) atoms. The molecule has 1 atom stereocenters. The van der Waals surface area contributed by atoms with E-state index in [2.05, 4.69) is 72.3 Å². The lowest BCUT2D eigenvalue weighted by Gasteiger charge is -2.34. The molecule has 3 aromatic rings. The third kappa shape index (κ3) is 6.10. The summed E-state index contributed by atoms with van der Waals surface area (Å²) in [7, 11) is 3.94. The van der Waals surface area contributed by atoms with Gasteiger partial charge in [0.2, 0.25) is 0 Å². The number of nitrogens with zero attached hydrogens (tertiary/aromatic N) is 2. The van der Waals surface area contributed by atoms with E-state index in [0.717, 1.165) is 63.0 Å². The Morgan fingerprint density at radius 1 is 0.921 bits per heavy atom. The van der Waals surface area contributed by atoms with Gasteiger partial charge in [0.1, 0.15) is 23.9 Å². The van der Waals surface area contributed by atoms with Crippen LogP contribution >= 0.6 is 0 Å². The third-order valence-corrected chi connectivity index (χ3v) is 8.53. The van der Waals surface area contributed by atoms with Crippen LogP contribution in [0.5, 0.6) is 17.2 Å². The molecule has 0 aliphatic heterocycles. The lowest BCUT2D eigenvalue weighted by atomic mass is 9.79. The van der Waals surface area contributed by atoms with E-state index in [1.807, 2.05) is 12.1 Å². The van der Waals surface area contributed by atoms with Crippen LogP contribution in [0.3, 0.4) is 0 Å². The Hall–Kier alpha value is -3.18. The predicted octanol–water partition coefficient (Wildman–Crippen LogP) is 6.56. The first kappa shape index (κ1) is 26.4. The number of ether oxygens (including phenoxy) is 2. The molecule has 3 aromatic carbocycles. The molecule has 0 amide bonds. The van der Waals surface area contributed by atoms with Gasteiger partial charge in [-0.1, -0.05) is 30.7 Å². The molecular weight excluding hydrogens is 472 g/mol. The second-order valence-corrected chi connectivity index (χ2v) is 10.9. The van der Waals surface area contributed by atoms with E-state index in [1.54, 1.807) is 7.11 Å². The van der Waals surface area contributed by atoms with E-state index >= 15 is 0 Å². The number of aromatic hydroxyl groups is 1. The van der Waals surface area contributed by atoms with Gasteiger partial charge in [-0.05, 0) is 105 Å². The van der Waals surface area contributed by atoms with E-state index in [-0.39, 0.29) is 0 Å². The highest BCUT2D eigenvalue weighted by Crippen LogP contribution is 2.40. The van der Waals surface area contributed by atoms with Crippen molar-refractivity contribution < 1.29 is 14.6 Å². The molecule has 5 rings (SSSR count). The van der Waals surface area contributed by atoms with Crippen molar-refractivity contribution in [1.82, 2.24) is 4.90 Å². The smallest absolute Gasteiger partial charge is 0.120 e. The Balaban J connectivity index is 1.27. The highest BCUT2D eigenvalue weighted by atomic mass is 16.5. The van der Waals surface area contributed by atoms with Crippen molar-refractivity contribution in [3.63, 3.8) is 0 Å². The average Bonchev–Trinajstić information content (AvgIpc) is 2.91. The standard InChI is InChI=1S/C33H42N2O3/c1-4-35(23-24-8-14-30(15-9-24)38-19-18-34(2)28-6-5-7-28)33-22-31(37-3)16-17-32(33)27-11-10-26-21-29(36)13-12-25(26)20-27/h8-9,12-17,21-22,27-28,36H,4-7,10-11,18-20,23H2,1-3H3/t27-/m1/s1. The topological polar surface area (TPSA) is 45.2 Å². The first-order valence-corrected chi connectivity index (χ1v) is 14.2. The summed E-state index contributed by atoms with van der Waals surface area (Å²) in [5.74, 6) is 2.63. The number of anilines is 1. The Morgan fingerprint density at radius 2 is 1.71 bits per heavy atom. The largest absolute Gasteiger partial charge is 0.508 e. The van der Waals surface area contributed by atoms with Crippen LogP contribution in [0.2, 0.25) is 0 Å². The predicted molar refractivity (Wildman–Crippen MR) is 155 cm³/mol. The lowest BCUT2D eigenvalue weighted by Crippen LogP contribution is -2.39. The van der Waals surface area contributed by atoms with Gasteiger partial charge in [0, 0.05) is 37.4 Å². The van der Waals surface area contributed by atoms with Gasteiger partial charge >= 0.3 is 0 Å². The van der Waals surface area contributed by atoms with E-state index in [0.29, 0.717) is 11.7 Å². The van der Waals surface area contributed by atoms with E-state index in [1.165, 1.54) is 47.2 Å². The van der Waals surface area contributed by atoms with E-state index < -0.39 is 0 Å². The van der Waals surface area contributed by atoms with Gasteiger partial charge in [0.05, 0.1) is 7.11 Å². The molecule has 0 bridgehead atoms. The summed E-state index contributed by atoms with van der Waals surface area (Å²) in [6.45, 7) is 5.66. The molecule has 2 aliphatic rings. The highest BCUT2D eigenvalue weighted by molar-refractivity contribution is 5.60. The summed E-state index contributed by atoms with van der Waals surface area (Å²) in [6, 6.07) is 21.7. The summed E-state index contributed by atoms with van der Waals surface area (Å²) >= 11 is 0. The van der Waals surface area contributed by atoms with Crippen LogP contribution in [0, 0.1) is 0 Å². The van der Waals surface area contributed by atoms with Gasteiger partial charge in [0.15, 0.2) is 0 Å². The minimum atomic E-state index is 0.363. The van der Waals surface area contributed by atoms with Crippen LogP contribution in [-0.2, 0) is 19.4 Å². The number of likely N-dealkylation sites (N-methyl/N-ethyl adjacent to an activating group) is 1. The molecule has 0 aromatic heterocycles. The van der Waals surface area contributed by atoms with Crippen molar-refractivity contribution in [2.24, 2.45) is 0 Å². The zero-order valence-electron chi connectivity index (χ0n) is 23.2. The minimum Gasteiger partial charge on any atom is -0.508 e. The fraction of sp³-hybridized carbons (Fsp3) is 0.455. The fourth-order valence-corrected chi connectivity index (χ4v) is 5.87. The number of hydrogen-bond acceptors (Lipinski definition) is 5. The number of methoxy groups -OCH3 is 1. The van der Waals surface area contributed by atoms with Crippen LogP contribution in [0.25, 0.3) is 0 Å². The maximum Gasteiger partial charge on any atom is 0.120 e. The first-order valence-electron chi connectivity index (χ1n) is 14.2. The summed E-state index contributed by atoms with van der Waals surface area (Å²) in [5.41, 5.74) is 6.52. The summed E-state index contributed by atoms with van der Waals surface area (Å²) in [5, 5.41) is 9.90. The number of phenolic OH excluding ortho intramolecular Hbond substituents is 1. The molecule has 0 spiro atoms. The van der Waals surface area contributed by atoms with Crippen LogP contribution in [0.4, 0.5) is 5.69 Å². The average molecular weight is 515 g/mol. The fourth-order valence-electron chi connectivity index (χ4n) is 5.87. The van der Waals surface area contributed by atoms with Crippen molar-refractivity contribution in [3.05, 3.63) is 82.9 Å². The van der Waals surface area contributed by atoms with E-state index in [9.17, 15) is 5.11 Å². The summed E-state index contributed by atoms with van der Waals surface area (Å²) in [4.78, 5) is 4.88. The molecule has 202 valence electrons. The Morgan fingerprint density at radius 3 is 2.42 bits per heavy atom. The summed E-state index contributed by atoms with van der Waals surface area (Å²) < 4.78 is 11.7. The van der Waals surface area contributed by atoms with Gasteiger partial charge in [-0.2, -0.15) is 0 Å². The van der Waals surface area contributed by atoms with Gasteiger partial charge in [0.25, 0.3) is 0 Å². The molecule has 5 nitrogen and oxygen atoms in total. The maximum atomic E-state index is 9.90. The molecule has 1 fully saturated rings. The molecule has 0 radical (unpaired) electrons. The second kappa shape index (κ2) is 12.1. The molecule has 2 aliphatic carbocycles. The molecule has 0 heterocycles. The quantitative estimate of drug-likeness (QED) is 0.314.